The van der Waals surface area contributed by atoms with Gasteiger partial charge in [-0.2, -0.15) is 17.0 Å². The number of hydrogen-bond donors (Lipinski definition) is 0. The molecule has 0 unspecified atom stereocenters. The highest BCUT2D eigenvalue weighted by atomic mass is 32.2. The van der Waals surface area contributed by atoms with Gasteiger partial charge < -0.3 is 9.32 Å². The van der Waals surface area contributed by atoms with Gasteiger partial charge in [-0.3, -0.25) is 4.79 Å². The Morgan fingerprint density at radius 2 is 1.92 bits per heavy atom. The van der Waals surface area contributed by atoms with Crippen LogP contribution in [0, 0.1) is 12.8 Å². The van der Waals surface area contributed by atoms with E-state index in [1.807, 2.05) is 31.7 Å². The van der Waals surface area contributed by atoms with Crippen LogP contribution in [-0.4, -0.2) is 67.6 Å². The molecule has 3 aliphatic rings. The van der Waals surface area contributed by atoms with Crippen LogP contribution < -0.4 is 0 Å². The first-order chi connectivity index (χ1) is 12.1. The molecule has 0 N–H and O–H groups in total. The summed E-state index contributed by atoms with van der Waals surface area (Å²) in [5.74, 6) is 1.79. The zero-order chi connectivity index (χ0) is 19.2. The quantitative estimate of drug-likeness (QED) is 0.798. The molecule has 1 aromatic rings. The van der Waals surface area contributed by atoms with Crippen molar-refractivity contribution in [3.05, 3.63) is 23.2 Å². The van der Waals surface area contributed by atoms with Crippen LogP contribution >= 0.6 is 0 Å². The average Bonchev–Trinajstić information content (AvgIpc) is 2.75. The van der Waals surface area contributed by atoms with Crippen molar-refractivity contribution in [1.82, 2.24) is 13.5 Å². The van der Waals surface area contributed by atoms with Gasteiger partial charge in [-0.1, -0.05) is 13.8 Å². The molecular formula is C18H29N3O4S. The van der Waals surface area contributed by atoms with E-state index in [0.717, 1.165) is 18.6 Å². The molecule has 3 saturated heterocycles. The van der Waals surface area contributed by atoms with Gasteiger partial charge in [0.1, 0.15) is 11.5 Å². The first-order valence-electron chi connectivity index (χ1n) is 9.20. The third-order valence-electron chi connectivity index (χ3n) is 5.46. The highest BCUT2D eigenvalue weighted by molar-refractivity contribution is 7.86. The maximum Gasteiger partial charge on any atom is 0.281 e. The Morgan fingerprint density at radius 1 is 1.23 bits per heavy atom. The van der Waals surface area contributed by atoms with E-state index >= 15 is 0 Å². The fourth-order valence-electron chi connectivity index (χ4n) is 3.86. The van der Waals surface area contributed by atoms with E-state index in [1.165, 1.54) is 8.61 Å². The van der Waals surface area contributed by atoms with E-state index in [2.05, 4.69) is 0 Å². The zero-order valence-electron chi connectivity index (χ0n) is 16.2. The lowest BCUT2D eigenvalue weighted by Crippen LogP contribution is -2.48. The number of amides is 1. The number of piperidine rings is 1. The van der Waals surface area contributed by atoms with E-state index in [4.69, 9.17) is 4.42 Å². The maximum atomic E-state index is 13.2. The minimum Gasteiger partial charge on any atom is -0.465 e. The second-order valence-electron chi connectivity index (χ2n) is 7.94. The van der Waals surface area contributed by atoms with Crippen LogP contribution in [0.2, 0.25) is 0 Å². The summed E-state index contributed by atoms with van der Waals surface area (Å²) in [6.07, 6.45) is 1.79. The predicted octanol–water partition coefficient (Wildman–Crippen LogP) is 2.05. The van der Waals surface area contributed by atoms with Gasteiger partial charge in [0.05, 0.1) is 5.56 Å². The number of fused-ring (bicyclic) bond motifs is 4. The summed E-state index contributed by atoms with van der Waals surface area (Å²) < 4.78 is 33.7. The molecule has 0 spiro atoms. The molecule has 26 heavy (non-hydrogen) atoms. The first-order valence-corrected chi connectivity index (χ1v) is 10.6. The van der Waals surface area contributed by atoms with Crippen molar-refractivity contribution in [2.45, 2.75) is 45.6 Å². The molecule has 1 aromatic heterocycles. The summed E-state index contributed by atoms with van der Waals surface area (Å²) in [6, 6.07) is 1.75. The third-order valence-corrected chi connectivity index (χ3v) is 7.34. The Labute approximate surface area is 156 Å². The summed E-state index contributed by atoms with van der Waals surface area (Å²) in [5, 5.41) is 0. The van der Waals surface area contributed by atoms with Crippen LogP contribution in [0.1, 0.15) is 54.5 Å². The molecular weight excluding hydrogens is 354 g/mol. The van der Waals surface area contributed by atoms with Crippen molar-refractivity contribution in [2.75, 3.05) is 33.7 Å². The number of aryl methyl sites for hydroxylation is 1. The summed E-state index contributed by atoms with van der Waals surface area (Å²) in [4.78, 5) is 15.0. The second kappa shape index (κ2) is 6.98. The fourth-order valence-corrected chi connectivity index (χ4v) is 5.09. The van der Waals surface area contributed by atoms with Gasteiger partial charge in [-0.15, -0.1) is 0 Å². The van der Waals surface area contributed by atoms with Crippen LogP contribution in [0.15, 0.2) is 10.5 Å². The summed E-state index contributed by atoms with van der Waals surface area (Å²) in [6.45, 7) is 7.32. The Balaban J connectivity index is 1.86. The van der Waals surface area contributed by atoms with E-state index in [-0.39, 0.29) is 23.8 Å². The van der Waals surface area contributed by atoms with Crippen molar-refractivity contribution < 1.29 is 17.6 Å². The topological polar surface area (TPSA) is 74.1 Å². The number of furan rings is 1. The van der Waals surface area contributed by atoms with Gasteiger partial charge in [-0.05, 0) is 31.7 Å². The second-order valence-corrected chi connectivity index (χ2v) is 10.1. The molecule has 0 aliphatic carbocycles. The Hall–Kier alpha value is -1.38. The monoisotopic (exact) mass is 383 g/mol. The van der Waals surface area contributed by atoms with Crippen LogP contribution in [0.25, 0.3) is 0 Å². The molecule has 1 amide bonds. The summed E-state index contributed by atoms with van der Waals surface area (Å²) in [7, 11) is -0.370. The zero-order valence-corrected chi connectivity index (χ0v) is 17.0. The molecule has 3 fully saturated rings. The normalized spacial score (nSPS) is 24.5. The lowest BCUT2D eigenvalue weighted by atomic mass is 9.94. The third kappa shape index (κ3) is 3.42. The highest BCUT2D eigenvalue weighted by Crippen LogP contribution is 2.32. The first kappa shape index (κ1) is 19.4. The lowest BCUT2D eigenvalue weighted by molar-refractivity contribution is 0.0587. The molecule has 0 aromatic carbocycles. The molecule has 7 nitrogen and oxygen atoms in total. The van der Waals surface area contributed by atoms with Crippen molar-refractivity contribution in [3.8, 4) is 0 Å². The number of carbonyl (C=O) groups excluding carboxylic acids is 1. The molecule has 4 heterocycles. The van der Waals surface area contributed by atoms with Crippen LogP contribution in [-0.2, 0) is 10.2 Å². The van der Waals surface area contributed by atoms with Crippen molar-refractivity contribution in [3.63, 3.8) is 0 Å². The molecule has 0 saturated carbocycles. The predicted molar refractivity (Wildman–Crippen MR) is 99.3 cm³/mol. The van der Waals surface area contributed by atoms with Crippen LogP contribution in [0.5, 0.6) is 0 Å². The van der Waals surface area contributed by atoms with Gasteiger partial charge in [0, 0.05) is 45.7 Å². The molecule has 0 radical (unpaired) electrons. The molecule has 2 bridgehead atoms. The van der Waals surface area contributed by atoms with Gasteiger partial charge in [0.15, 0.2) is 0 Å². The SMILES string of the molecule is Cc1oc(C(C)C)cc1C(=O)N1C[C@H]2CC[C@@H]1CN(S(=O)(=O)N(C)C)C2. The molecule has 2 atom stereocenters. The molecule has 3 aliphatic heterocycles. The molecule has 4 rings (SSSR count). The Bertz CT molecular complexity index is 784. The van der Waals surface area contributed by atoms with Gasteiger partial charge in [0.2, 0.25) is 0 Å². The maximum absolute atomic E-state index is 13.2. The van der Waals surface area contributed by atoms with E-state index in [0.29, 0.717) is 31.0 Å². The van der Waals surface area contributed by atoms with E-state index in [1.54, 1.807) is 14.1 Å². The van der Waals surface area contributed by atoms with E-state index in [9.17, 15) is 13.2 Å². The standard InChI is InChI=1S/C18H29N3O4S/c1-12(2)17-8-16(13(3)25-17)18(22)21-10-14-6-7-15(21)11-20(9-14)26(23,24)19(4)5/h8,12,14-15H,6-7,9-11H2,1-5H3/t14-,15+/m0/s1. The van der Waals surface area contributed by atoms with Crippen molar-refractivity contribution in [2.24, 2.45) is 5.92 Å². The van der Waals surface area contributed by atoms with Gasteiger partial charge >= 0.3 is 0 Å². The fraction of sp³-hybridized carbons (Fsp3) is 0.722. The molecule has 146 valence electrons. The average molecular weight is 384 g/mol. The van der Waals surface area contributed by atoms with Crippen molar-refractivity contribution in [1.29, 1.82) is 0 Å². The molecule has 8 heteroatoms. The van der Waals surface area contributed by atoms with Crippen molar-refractivity contribution >= 4 is 16.1 Å². The number of carbonyl (C=O) groups is 1. The Kier molecular flexibility index (Phi) is 5.20. The summed E-state index contributed by atoms with van der Waals surface area (Å²) in [5.41, 5.74) is 0.600. The number of rotatable bonds is 4. The van der Waals surface area contributed by atoms with Crippen LogP contribution in [0.3, 0.4) is 0 Å². The smallest absolute Gasteiger partial charge is 0.281 e. The lowest BCUT2D eigenvalue weighted by Gasteiger charge is -2.36. The number of nitrogens with zero attached hydrogens (tertiary/aromatic N) is 3. The van der Waals surface area contributed by atoms with E-state index < -0.39 is 10.2 Å². The summed E-state index contributed by atoms with van der Waals surface area (Å²) >= 11 is 0. The van der Waals surface area contributed by atoms with Gasteiger partial charge in [-0.25, -0.2) is 0 Å². The minimum atomic E-state index is -3.47. The van der Waals surface area contributed by atoms with Crippen LogP contribution in [0.4, 0.5) is 0 Å². The van der Waals surface area contributed by atoms with Gasteiger partial charge in [0.25, 0.3) is 16.1 Å². The Morgan fingerprint density at radius 3 is 2.50 bits per heavy atom. The number of hydrogen-bond acceptors (Lipinski definition) is 4. The highest BCUT2D eigenvalue weighted by Gasteiger charge is 2.42. The minimum absolute atomic E-state index is 0.0445. The largest absolute Gasteiger partial charge is 0.465 e.